The predicted molar refractivity (Wildman–Crippen MR) is 158 cm³/mol. The molecular formula is C33H33NO14. The number of carboxylic acids is 2. The number of aliphatic hydroxyl groups excluding tert-OH is 1. The van der Waals surface area contributed by atoms with Crippen molar-refractivity contribution in [2.75, 3.05) is 13.6 Å². The number of carbonyl (C=O) groups is 5. The summed E-state index contributed by atoms with van der Waals surface area (Å²) < 4.78 is 21.8. The molecule has 0 amide bonds. The Labute approximate surface area is 272 Å². The zero-order valence-corrected chi connectivity index (χ0v) is 25.6. The van der Waals surface area contributed by atoms with Crippen LogP contribution < -0.4 is 4.74 Å². The first-order valence-electron chi connectivity index (χ1n) is 15.2. The molecule has 6 rings (SSSR count). The molecule has 0 aromatic heterocycles. The van der Waals surface area contributed by atoms with E-state index in [9.17, 15) is 44.4 Å². The van der Waals surface area contributed by atoms with E-state index in [-0.39, 0.29) is 35.3 Å². The Balaban J connectivity index is 1.18. The van der Waals surface area contributed by atoms with E-state index in [1.165, 1.54) is 36.4 Å². The fourth-order valence-corrected chi connectivity index (χ4v) is 7.46. The Morgan fingerprint density at radius 2 is 1.75 bits per heavy atom. The summed E-state index contributed by atoms with van der Waals surface area (Å²) in [6.07, 6.45) is -6.57. The van der Waals surface area contributed by atoms with Crippen LogP contribution in [0.1, 0.15) is 48.5 Å². The number of nitrogens with zero attached hydrogens (tertiary/aromatic N) is 1. The lowest BCUT2D eigenvalue weighted by Crippen LogP contribution is -2.74. The molecule has 4 aliphatic rings. The van der Waals surface area contributed by atoms with Gasteiger partial charge in [-0.25, -0.2) is 14.4 Å². The maximum Gasteiger partial charge on any atom is 0.353 e. The second kappa shape index (κ2) is 12.2. The molecule has 1 fully saturated rings. The van der Waals surface area contributed by atoms with E-state index in [1.807, 2.05) is 7.05 Å². The van der Waals surface area contributed by atoms with Crippen LogP contribution >= 0.6 is 0 Å². The number of hydrogen-bond donors (Lipinski definition) is 5. The molecule has 5 N–H and O–H groups in total. The topological polar surface area (TPSA) is 227 Å². The number of likely N-dealkylation sites (N-methyl/N-ethyl adjacent to an activating group) is 1. The quantitative estimate of drug-likeness (QED) is 0.164. The first-order chi connectivity index (χ1) is 22.8. The minimum atomic E-state index is -2.09. The highest BCUT2D eigenvalue weighted by Crippen LogP contribution is 2.65. The van der Waals surface area contributed by atoms with Gasteiger partial charge in [-0.15, -0.1) is 0 Å². The summed E-state index contributed by atoms with van der Waals surface area (Å²) in [5.41, 5.74) is -0.766. The lowest BCUT2D eigenvalue weighted by atomic mass is 9.50. The van der Waals surface area contributed by atoms with E-state index in [1.54, 1.807) is 12.1 Å². The molecule has 48 heavy (non-hydrogen) atoms. The van der Waals surface area contributed by atoms with Gasteiger partial charge in [-0.3, -0.25) is 9.59 Å². The molecule has 7 atom stereocenters. The number of likely N-dealkylation sites (tertiary alicyclic amines) is 1. The molecule has 0 unspecified atom stereocenters. The highest BCUT2D eigenvalue weighted by molar-refractivity contribution is 5.87. The number of benzene rings is 2. The molecule has 254 valence electrons. The average molecular weight is 668 g/mol. The number of piperidine rings is 1. The van der Waals surface area contributed by atoms with Crippen molar-refractivity contribution in [2.45, 2.75) is 73.6 Å². The Morgan fingerprint density at radius 3 is 2.44 bits per heavy atom. The largest absolute Gasteiger partial charge is 0.504 e. The average Bonchev–Trinajstić information content (AvgIpc) is 3.40. The van der Waals surface area contributed by atoms with Gasteiger partial charge in [0.15, 0.2) is 23.7 Å². The first-order valence-corrected chi connectivity index (χ1v) is 15.2. The summed E-state index contributed by atoms with van der Waals surface area (Å²) in [4.78, 5) is 63.5. The van der Waals surface area contributed by atoms with Crippen molar-refractivity contribution in [3.8, 4) is 11.5 Å². The number of esters is 3. The van der Waals surface area contributed by atoms with Crippen molar-refractivity contribution in [1.29, 1.82) is 0 Å². The van der Waals surface area contributed by atoms with Crippen molar-refractivity contribution in [3.63, 3.8) is 0 Å². The second-order valence-corrected chi connectivity index (χ2v) is 12.4. The lowest BCUT2D eigenvalue weighted by molar-refractivity contribution is -0.181. The Bertz CT molecular complexity index is 1710. The molecule has 15 nitrogen and oxygen atoms in total. The van der Waals surface area contributed by atoms with Crippen LogP contribution in [0.2, 0.25) is 0 Å². The summed E-state index contributed by atoms with van der Waals surface area (Å²) in [7, 11) is 1.92. The number of ether oxygens (including phenoxy) is 4. The van der Waals surface area contributed by atoms with Crippen LogP contribution in [0.5, 0.6) is 11.5 Å². The highest BCUT2D eigenvalue weighted by atomic mass is 16.6. The van der Waals surface area contributed by atoms with Crippen LogP contribution in [-0.2, 0) is 50.0 Å². The molecule has 2 aliphatic carbocycles. The fourth-order valence-electron chi connectivity index (χ4n) is 7.46. The van der Waals surface area contributed by atoms with Gasteiger partial charge in [-0.05, 0) is 44.1 Å². The molecule has 2 aromatic carbocycles. The maximum atomic E-state index is 13.1. The SMILES string of the molecule is CN1CC[C@]23c4c5ccc(O)c4O[C@H]2C(OC(=O)[C@@H](O)CC(=O)O[C@H](C(=O)O[C@@H](CC(=O)O)C(=O)O)c2ccccc2)=CC[C@@]3(O)[C@H]1C5. The molecule has 2 aromatic rings. The normalized spacial score (nSPS) is 26.9. The number of carbonyl (C=O) groups excluding carboxylic acids is 3. The van der Waals surface area contributed by atoms with Gasteiger partial charge in [-0.2, -0.15) is 0 Å². The van der Waals surface area contributed by atoms with Crippen molar-refractivity contribution < 1.29 is 68.5 Å². The zero-order valence-electron chi connectivity index (χ0n) is 25.6. The number of aromatic hydroxyl groups is 1. The Kier molecular flexibility index (Phi) is 8.39. The monoisotopic (exact) mass is 667 g/mol. The number of carboxylic acid groups (broad SMARTS) is 2. The molecule has 0 saturated carbocycles. The van der Waals surface area contributed by atoms with Gasteiger partial charge in [0.2, 0.25) is 12.2 Å². The van der Waals surface area contributed by atoms with E-state index in [4.69, 9.17) is 24.1 Å². The molecule has 15 heteroatoms. The summed E-state index contributed by atoms with van der Waals surface area (Å²) in [5, 5.41) is 51.8. The number of phenols is 1. The minimum absolute atomic E-state index is 0.00673. The van der Waals surface area contributed by atoms with Crippen molar-refractivity contribution in [3.05, 3.63) is 71.0 Å². The van der Waals surface area contributed by atoms with E-state index in [0.29, 0.717) is 24.9 Å². The number of phenolic OH excluding ortho intramolecular Hbond substituents is 1. The third kappa shape index (κ3) is 5.33. The van der Waals surface area contributed by atoms with Gasteiger partial charge < -0.3 is 49.4 Å². The summed E-state index contributed by atoms with van der Waals surface area (Å²) in [5.74, 6) is -7.13. The van der Waals surface area contributed by atoms with E-state index in [2.05, 4.69) is 4.90 Å². The summed E-state index contributed by atoms with van der Waals surface area (Å²) in [6.45, 7) is 0.589. The number of aliphatic carboxylic acids is 2. The Morgan fingerprint density at radius 1 is 1.02 bits per heavy atom. The van der Waals surface area contributed by atoms with Crippen LogP contribution in [-0.4, -0.2) is 104 Å². The van der Waals surface area contributed by atoms with Crippen LogP contribution in [0.25, 0.3) is 0 Å². The summed E-state index contributed by atoms with van der Waals surface area (Å²) >= 11 is 0. The molecule has 1 spiro atoms. The molecule has 2 heterocycles. The molecule has 2 bridgehead atoms. The van der Waals surface area contributed by atoms with Crippen LogP contribution in [0.15, 0.2) is 54.3 Å². The van der Waals surface area contributed by atoms with Crippen LogP contribution in [0.4, 0.5) is 0 Å². The van der Waals surface area contributed by atoms with E-state index in [0.717, 1.165) is 5.56 Å². The van der Waals surface area contributed by atoms with Gasteiger partial charge in [0, 0.05) is 23.6 Å². The van der Waals surface area contributed by atoms with E-state index >= 15 is 0 Å². The molecule has 2 aliphatic heterocycles. The molecule has 1 saturated heterocycles. The zero-order chi connectivity index (χ0) is 34.5. The van der Waals surface area contributed by atoms with Crippen LogP contribution in [0.3, 0.4) is 0 Å². The highest BCUT2D eigenvalue weighted by Gasteiger charge is 2.72. The smallest absolute Gasteiger partial charge is 0.353 e. The standard InChI is InChI=1S/C33H33NO14/c1-34-12-11-32-25-17-7-8-18(35)27(25)48-28(32)20(9-10-33(32,44)22(34)13-17)45-30(42)19(36)14-24(39)47-26(16-5-3-2-4-6-16)31(43)46-21(29(40)41)15-23(37)38/h2-9,19,21-22,26,28,35-36,44H,10-15H2,1H3,(H,37,38)(H,40,41)/t19-,21-,22+,26-,28-,32-,33+/m0/s1. The minimum Gasteiger partial charge on any atom is -0.504 e. The van der Waals surface area contributed by atoms with Gasteiger partial charge in [-0.1, -0.05) is 36.4 Å². The van der Waals surface area contributed by atoms with Gasteiger partial charge in [0.05, 0.1) is 23.9 Å². The molecule has 0 radical (unpaired) electrons. The van der Waals surface area contributed by atoms with Crippen molar-refractivity contribution >= 4 is 29.8 Å². The van der Waals surface area contributed by atoms with Gasteiger partial charge >= 0.3 is 29.8 Å². The summed E-state index contributed by atoms with van der Waals surface area (Å²) in [6, 6.07) is 10.3. The second-order valence-electron chi connectivity index (χ2n) is 12.4. The fraction of sp³-hybridized carbons (Fsp3) is 0.424. The number of rotatable bonds is 11. The van der Waals surface area contributed by atoms with Gasteiger partial charge in [0.25, 0.3) is 0 Å². The number of hydrogen-bond acceptors (Lipinski definition) is 13. The van der Waals surface area contributed by atoms with Crippen LogP contribution in [0, 0.1) is 0 Å². The first kappa shape index (κ1) is 32.9. The third-order valence-corrected chi connectivity index (χ3v) is 9.66. The predicted octanol–water partition coefficient (Wildman–Crippen LogP) is 0.720. The lowest BCUT2D eigenvalue weighted by Gasteiger charge is -2.61. The Hall–Kier alpha value is -4.99. The van der Waals surface area contributed by atoms with Gasteiger partial charge in [0.1, 0.15) is 5.76 Å². The third-order valence-electron chi connectivity index (χ3n) is 9.66. The van der Waals surface area contributed by atoms with E-state index < -0.39 is 78.1 Å². The van der Waals surface area contributed by atoms with Crippen molar-refractivity contribution in [2.24, 2.45) is 0 Å². The van der Waals surface area contributed by atoms with Crippen molar-refractivity contribution in [1.82, 2.24) is 4.90 Å². The maximum absolute atomic E-state index is 13.1. The number of aliphatic hydroxyl groups is 2. The molecular weight excluding hydrogens is 634 g/mol.